The highest BCUT2D eigenvalue weighted by atomic mass is 31.2. The number of quaternary nitrogens is 2. The van der Waals surface area contributed by atoms with Gasteiger partial charge in [0.05, 0.1) is 40.6 Å². The number of carboxylic acids is 1. The average molecular weight is 650 g/mol. The normalized spacial score (nSPS) is 18.0. The van der Waals surface area contributed by atoms with Gasteiger partial charge in [-0.2, -0.15) is 0 Å². The highest BCUT2D eigenvalue weighted by Crippen LogP contribution is 2.46. The van der Waals surface area contributed by atoms with Gasteiger partial charge < -0.3 is 56.7 Å². The van der Waals surface area contributed by atoms with Gasteiger partial charge in [0.25, 0.3) is 0 Å². The van der Waals surface area contributed by atoms with E-state index in [1.807, 2.05) is 21.1 Å². The second-order valence-electron chi connectivity index (χ2n) is 8.05. The molecule has 238 valence electrons. The lowest BCUT2D eigenvalue weighted by Crippen LogP contribution is -2.52. The maximum atomic E-state index is 11.1. The molecule has 0 aromatic rings. The van der Waals surface area contributed by atoms with Gasteiger partial charge in [-0.1, -0.05) is 0 Å². The Morgan fingerprint density at radius 2 is 1.18 bits per heavy atom. The van der Waals surface area contributed by atoms with Crippen LogP contribution in [0.4, 0.5) is 0 Å². The number of nitrogens with zero attached hydrogens (tertiary/aromatic N) is 1. The van der Waals surface area contributed by atoms with Gasteiger partial charge in [-0.05, 0) is 0 Å². The van der Waals surface area contributed by atoms with Crippen molar-refractivity contribution in [3.05, 3.63) is 33.6 Å². The van der Waals surface area contributed by atoms with E-state index in [4.69, 9.17) is 9.42 Å². The molecular weight excluding hydrogens is 604 g/mol. The van der Waals surface area contributed by atoms with E-state index in [1.165, 1.54) is 14.2 Å². The molecule has 0 rings (SSSR count). The first kappa shape index (κ1) is 45.8. The molecule has 16 nitrogen and oxygen atoms in total. The molecule has 0 aliphatic heterocycles. The zero-order chi connectivity index (χ0) is 32.1. The summed E-state index contributed by atoms with van der Waals surface area (Å²) in [6.45, 7) is 17.3. The number of rotatable bonds is 15. The molecule has 0 amide bonds. The van der Waals surface area contributed by atoms with Crippen molar-refractivity contribution in [1.29, 1.82) is 0 Å². The molecule has 0 aromatic carbocycles. The van der Waals surface area contributed by atoms with Crippen LogP contribution in [-0.2, 0) is 54.7 Å². The number of carboxylic acid groups (broad SMARTS) is 1. The fraction of sp³-hybridized carbons (Fsp3) is 0.684. The van der Waals surface area contributed by atoms with Crippen molar-refractivity contribution in [2.45, 2.75) is 0 Å². The van der Waals surface area contributed by atoms with Gasteiger partial charge in [-0.25, -0.2) is 26.7 Å². The van der Waals surface area contributed by atoms with Crippen LogP contribution in [0.1, 0.15) is 0 Å². The van der Waals surface area contributed by atoms with Gasteiger partial charge in [0.15, 0.2) is 36.3 Å². The lowest BCUT2D eigenvalue weighted by molar-refractivity contribution is -0.870. The van der Waals surface area contributed by atoms with Gasteiger partial charge in [0.1, 0.15) is 26.4 Å². The fourth-order valence-corrected chi connectivity index (χ4v) is 2.58. The Morgan fingerprint density at radius 3 is 1.44 bits per heavy atom. The van der Waals surface area contributed by atoms with Crippen LogP contribution >= 0.6 is 30.4 Å². The third-order valence-electron chi connectivity index (χ3n) is 3.41. The molecule has 0 aliphatic rings. The van der Waals surface area contributed by atoms with Crippen LogP contribution in [0.5, 0.6) is 0 Å². The minimum atomic E-state index is -3.40. The zero-order valence-electron chi connectivity index (χ0n) is 23.8. The molecule has 0 bridgehead atoms. The van der Waals surface area contributed by atoms with E-state index in [0.717, 1.165) is 25.2 Å². The summed E-state index contributed by atoms with van der Waals surface area (Å²) in [5, 5.41) is 10.1. The van der Waals surface area contributed by atoms with E-state index in [9.17, 15) is 28.2 Å². The summed E-state index contributed by atoms with van der Waals surface area (Å²) in [5.74, 6) is -2.44. The van der Waals surface area contributed by atoms with E-state index in [-0.39, 0.29) is 6.61 Å². The lowest BCUT2D eigenvalue weighted by Gasteiger charge is -2.25. The van der Waals surface area contributed by atoms with Crippen molar-refractivity contribution in [3.8, 4) is 0 Å². The molecule has 20 heteroatoms. The predicted octanol–water partition coefficient (Wildman–Crippen LogP) is 1.66. The summed E-state index contributed by atoms with van der Waals surface area (Å²) in [6.07, 6.45) is 0. The van der Waals surface area contributed by atoms with Crippen molar-refractivity contribution in [3.63, 3.8) is 0 Å². The van der Waals surface area contributed by atoms with Crippen LogP contribution in [0.25, 0.3) is 0 Å². The monoisotopic (exact) mass is 650 g/mol. The molecule has 5 atom stereocenters. The molecule has 0 saturated carbocycles. The molecule has 0 heterocycles. The summed E-state index contributed by atoms with van der Waals surface area (Å²) in [6, 6.07) is 0. The van der Waals surface area contributed by atoms with Gasteiger partial charge in [0, 0.05) is 28.4 Å². The first-order valence-electron chi connectivity index (χ1n) is 10.6. The summed E-state index contributed by atoms with van der Waals surface area (Å²) >= 11 is 0. The highest BCUT2D eigenvalue weighted by Gasteiger charge is 2.14. The topological polar surface area (TPSA) is 221 Å². The summed E-state index contributed by atoms with van der Waals surface area (Å²) in [4.78, 5) is 18.1. The number of likely N-dealkylation sites (N-methyl/N-ethyl adjacent to an activating group) is 1. The standard InChI is InChI=1S/C7H18NO3P.C6H11O5P.C4H11NO3P.C2H6O3P/c1-8(2,3)6-7-11-12(5,9)10-4;1-5(6(7)8)4-11-12(3,9)10-2;1-7-9(2,6)8-4-3-5;1-5-6(2,3)4/h5-7H2,1-4H3;5H,1,3-4H2,2H3,(H,7,8);2-5H2,1H3;2H2,1H3,(H,3,4)/q;;2*-1. The molecule has 0 spiro atoms. The minimum Gasteiger partial charge on any atom is -0.545 e. The molecule has 0 aliphatic carbocycles. The van der Waals surface area contributed by atoms with Crippen molar-refractivity contribution in [2.24, 2.45) is 5.92 Å². The Balaban J connectivity index is -0.000000216. The van der Waals surface area contributed by atoms with Gasteiger partial charge in [-0.3, -0.25) is 18.3 Å². The zero-order valence-corrected chi connectivity index (χ0v) is 27.4. The van der Waals surface area contributed by atoms with E-state index < -0.39 is 42.3 Å². The lowest BCUT2D eigenvalue weighted by atomic mass is 10.2. The third kappa shape index (κ3) is 40.1. The van der Waals surface area contributed by atoms with Gasteiger partial charge >= 0.3 is 0 Å². The Hall–Kier alpha value is -0.140. The summed E-state index contributed by atoms with van der Waals surface area (Å²) in [5.41, 5.74) is 3.49. The molecule has 0 radical (unpaired) electrons. The Kier molecular flexibility index (Phi) is 26.4. The van der Waals surface area contributed by atoms with Crippen molar-refractivity contribution in [2.75, 3.05) is 82.5 Å². The number of hydrogen-bond acceptors (Lipinski definition) is 13. The molecular formula is C19H46N2O14P4-2. The van der Waals surface area contributed by atoms with Crippen LogP contribution < -0.4 is 10.8 Å². The molecule has 0 saturated heterocycles. The van der Waals surface area contributed by atoms with Crippen LogP contribution in [0.15, 0.2) is 0 Å². The molecule has 0 aromatic heterocycles. The minimum absolute atomic E-state index is 0.328. The number of carbonyl (C=O) groups excluding carboxylic acids is 1. The average Bonchev–Trinajstić information content (AvgIpc) is 2.81. The molecule has 39 heavy (non-hydrogen) atoms. The third-order valence-corrected chi connectivity index (χ3v) is 7.34. The largest absolute Gasteiger partial charge is 0.545 e. The van der Waals surface area contributed by atoms with Crippen molar-refractivity contribution < 1.29 is 74.9 Å². The summed E-state index contributed by atoms with van der Waals surface area (Å²) in [7, 11) is -1.72. The Bertz CT molecular complexity index is 831. The van der Waals surface area contributed by atoms with E-state index in [1.54, 1.807) is 0 Å². The Labute approximate surface area is 233 Å². The van der Waals surface area contributed by atoms with Crippen LogP contribution in [0.2, 0.25) is 0 Å². The number of carbonyl (C=O) groups is 1. The first-order chi connectivity index (χ1) is 17.3. The van der Waals surface area contributed by atoms with Crippen LogP contribution in [0, 0.1) is 39.5 Å². The quantitative estimate of drug-likeness (QED) is 0.146. The first-order valence-corrected chi connectivity index (χ1v) is 17.6. The number of aliphatic carboxylic acids is 1. The second kappa shape index (κ2) is 22.5. The van der Waals surface area contributed by atoms with E-state index >= 15 is 0 Å². The number of hydrogen-bond donors (Lipinski definition) is 2. The van der Waals surface area contributed by atoms with Crippen LogP contribution in [0.3, 0.4) is 0 Å². The second-order valence-corrected chi connectivity index (χ2v) is 15.2. The van der Waals surface area contributed by atoms with Crippen molar-refractivity contribution >= 4 is 36.4 Å². The predicted molar refractivity (Wildman–Crippen MR) is 144 cm³/mol. The van der Waals surface area contributed by atoms with Crippen LogP contribution in [-0.4, -0.2) is 97.8 Å². The van der Waals surface area contributed by atoms with E-state index in [0.29, 0.717) is 19.8 Å². The molecule has 0 fully saturated rings. The Morgan fingerprint density at radius 1 is 0.846 bits per heavy atom. The van der Waals surface area contributed by atoms with E-state index in [2.05, 4.69) is 66.5 Å². The SMILES string of the molecule is [CH2+]C(COP([CH2-])(=O)OC)C(=O)[O-].[CH2-]P(=O)(O)OC.[CH2-]P(=O)(OC)OCC[N+](C)(C)C.[CH2-]P(=O)(OC)OCC[NH3+]. The molecule has 4 N–H and O–H groups in total. The molecule has 5 unspecified atom stereocenters. The smallest absolute Gasteiger partial charge is 0.184 e. The highest BCUT2D eigenvalue weighted by molar-refractivity contribution is 7.55. The fourth-order valence-electron chi connectivity index (χ4n) is 1.09. The van der Waals surface area contributed by atoms with Crippen molar-refractivity contribution in [1.82, 2.24) is 0 Å². The van der Waals surface area contributed by atoms with Gasteiger partial charge in [-0.15, -0.1) is 0 Å². The summed E-state index contributed by atoms with van der Waals surface area (Å²) < 4.78 is 74.8. The van der Waals surface area contributed by atoms with Gasteiger partial charge in [0.2, 0.25) is 0 Å². The maximum Gasteiger partial charge on any atom is 0.184 e. The maximum absolute atomic E-state index is 11.1.